The summed E-state index contributed by atoms with van der Waals surface area (Å²) in [6.07, 6.45) is 3.24. The highest BCUT2D eigenvalue weighted by Crippen LogP contribution is 2.34. The molecule has 6 nitrogen and oxygen atoms in total. The fourth-order valence-corrected chi connectivity index (χ4v) is 3.62. The number of benzene rings is 1. The van der Waals surface area contributed by atoms with E-state index in [4.69, 9.17) is 17.0 Å². The SMILES string of the molecule is C=CCOc1ccccc1/C=C1\SC(=S)N(CCS(=O)(=O)[O-])C1=O. The number of hydrogen-bond acceptors (Lipinski definition) is 7. The molecule has 0 saturated carbocycles. The average Bonchev–Trinajstić information content (AvgIpc) is 2.78. The number of thioether (sulfide) groups is 1. The van der Waals surface area contributed by atoms with E-state index in [1.807, 2.05) is 0 Å². The van der Waals surface area contributed by atoms with Crippen LogP contribution in [0.15, 0.2) is 41.8 Å². The molecule has 0 bridgehead atoms. The van der Waals surface area contributed by atoms with Crippen LogP contribution in [0.4, 0.5) is 0 Å². The summed E-state index contributed by atoms with van der Waals surface area (Å²) >= 11 is 6.14. The van der Waals surface area contributed by atoms with Gasteiger partial charge in [-0.2, -0.15) is 0 Å². The lowest BCUT2D eigenvalue weighted by molar-refractivity contribution is -0.121. The molecule has 1 aliphatic rings. The topological polar surface area (TPSA) is 86.7 Å². The summed E-state index contributed by atoms with van der Waals surface area (Å²) < 4.78 is 38.0. The quantitative estimate of drug-likeness (QED) is 0.307. The van der Waals surface area contributed by atoms with Crippen molar-refractivity contribution in [3.8, 4) is 5.75 Å². The summed E-state index contributed by atoms with van der Waals surface area (Å²) in [5.41, 5.74) is 0.691. The zero-order valence-electron chi connectivity index (χ0n) is 12.5. The Hall–Kier alpha value is -1.68. The molecule has 0 unspecified atom stereocenters. The van der Waals surface area contributed by atoms with Crippen LogP contribution in [0, 0.1) is 0 Å². The minimum absolute atomic E-state index is 0.222. The number of rotatable bonds is 7. The Morgan fingerprint density at radius 1 is 1.38 bits per heavy atom. The second kappa shape index (κ2) is 7.93. The van der Waals surface area contributed by atoms with Gasteiger partial charge in [0.25, 0.3) is 5.91 Å². The largest absolute Gasteiger partial charge is 0.748 e. The van der Waals surface area contributed by atoms with Gasteiger partial charge in [0.05, 0.1) is 20.8 Å². The fourth-order valence-electron chi connectivity index (χ4n) is 1.92. The standard InChI is InChI=1S/C15H15NO5S3/c1-2-8-21-12-6-4-3-5-11(12)10-13-14(17)16(15(22)23-13)7-9-24(18,19)20/h2-6,10H,1,7-9H2,(H,18,19,20)/p-1/b13-10-. The van der Waals surface area contributed by atoms with Crippen LogP contribution in [0.2, 0.25) is 0 Å². The molecule has 24 heavy (non-hydrogen) atoms. The van der Waals surface area contributed by atoms with E-state index in [9.17, 15) is 17.8 Å². The van der Waals surface area contributed by atoms with Gasteiger partial charge in [-0.3, -0.25) is 9.69 Å². The van der Waals surface area contributed by atoms with E-state index in [1.165, 1.54) is 0 Å². The number of thiocarbonyl (C=S) groups is 1. The lowest BCUT2D eigenvalue weighted by Crippen LogP contribution is -2.32. The van der Waals surface area contributed by atoms with E-state index >= 15 is 0 Å². The molecule has 0 N–H and O–H groups in total. The molecule has 1 amide bonds. The van der Waals surface area contributed by atoms with Crippen LogP contribution in [0.25, 0.3) is 6.08 Å². The molecule has 1 aromatic rings. The molecular formula is C15H14NO5S3-. The Morgan fingerprint density at radius 3 is 2.75 bits per heavy atom. The van der Waals surface area contributed by atoms with Gasteiger partial charge >= 0.3 is 0 Å². The van der Waals surface area contributed by atoms with Crippen LogP contribution in [0.1, 0.15) is 5.56 Å². The van der Waals surface area contributed by atoms with Crippen LogP contribution in [-0.2, 0) is 14.9 Å². The van der Waals surface area contributed by atoms with Crippen molar-refractivity contribution in [1.82, 2.24) is 4.90 Å². The second-order valence-corrected chi connectivity index (χ2v) is 7.93. The summed E-state index contributed by atoms with van der Waals surface area (Å²) in [5.74, 6) is -0.511. The second-order valence-electron chi connectivity index (χ2n) is 4.73. The number of carbonyl (C=O) groups is 1. The van der Waals surface area contributed by atoms with E-state index in [0.29, 0.717) is 22.8 Å². The lowest BCUT2D eigenvalue weighted by atomic mass is 10.2. The van der Waals surface area contributed by atoms with E-state index in [1.54, 1.807) is 36.4 Å². The van der Waals surface area contributed by atoms with E-state index in [2.05, 4.69) is 6.58 Å². The monoisotopic (exact) mass is 384 g/mol. The number of nitrogens with zero attached hydrogens (tertiary/aromatic N) is 1. The molecule has 0 radical (unpaired) electrons. The Kier molecular flexibility index (Phi) is 6.16. The molecule has 1 saturated heterocycles. The van der Waals surface area contributed by atoms with Gasteiger partial charge in [-0.05, 0) is 12.1 Å². The van der Waals surface area contributed by atoms with Gasteiger partial charge in [-0.25, -0.2) is 8.42 Å². The summed E-state index contributed by atoms with van der Waals surface area (Å²) in [6, 6.07) is 7.16. The molecule has 1 aromatic carbocycles. The van der Waals surface area contributed by atoms with Crippen LogP contribution in [-0.4, -0.2) is 47.0 Å². The lowest BCUT2D eigenvalue weighted by Gasteiger charge is -2.15. The third-order valence-corrected chi connectivity index (χ3v) is 5.06. The van der Waals surface area contributed by atoms with Gasteiger partial charge in [0, 0.05) is 12.1 Å². The number of para-hydroxylation sites is 1. The Morgan fingerprint density at radius 2 is 2.08 bits per heavy atom. The summed E-state index contributed by atoms with van der Waals surface area (Å²) in [6.45, 7) is 3.66. The van der Waals surface area contributed by atoms with Crippen molar-refractivity contribution >= 4 is 50.4 Å². The Bertz CT molecular complexity index is 801. The molecule has 0 aromatic heterocycles. The molecule has 128 valence electrons. The van der Waals surface area contributed by atoms with E-state index < -0.39 is 21.8 Å². The van der Waals surface area contributed by atoms with Crippen molar-refractivity contribution in [2.75, 3.05) is 18.9 Å². The molecule has 0 atom stereocenters. The number of amides is 1. The third kappa shape index (κ3) is 4.91. The maximum Gasteiger partial charge on any atom is 0.266 e. The van der Waals surface area contributed by atoms with Crippen molar-refractivity contribution in [2.45, 2.75) is 0 Å². The highest BCUT2D eigenvalue weighted by molar-refractivity contribution is 8.26. The maximum absolute atomic E-state index is 12.4. The molecule has 0 spiro atoms. The van der Waals surface area contributed by atoms with E-state index in [-0.39, 0.29) is 10.9 Å². The molecule has 0 aliphatic carbocycles. The zero-order chi connectivity index (χ0) is 17.7. The number of carbonyl (C=O) groups excluding carboxylic acids is 1. The minimum atomic E-state index is -4.41. The molecule has 1 heterocycles. The molecule has 1 fully saturated rings. The normalized spacial score (nSPS) is 16.7. The van der Waals surface area contributed by atoms with Gasteiger partial charge < -0.3 is 9.29 Å². The first-order valence-electron chi connectivity index (χ1n) is 6.83. The van der Waals surface area contributed by atoms with Crippen LogP contribution < -0.4 is 4.74 Å². The highest BCUT2D eigenvalue weighted by atomic mass is 32.2. The van der Waals surface area contributed by atoms with Crippen molar-refractivity contribution in [1.29, 1.82) is 0 Å². The Labute approximate surface area is 149 Å². The molecule has 9 heteroatoms. The van der Waals surface area contributed by atoms with Crippen molar-refractivity contribution in [3.05, 3.63) is 47.4 Å². The predicted octanol–water partition coefficient (Wildman–Crippen LogP) is 2.00. The van der Waals surface area contributed by atoms with Crippen LogP contribution in [0.5, 0.6) is 5.75 Å². The van der Waals surface area contributed by atoms with Crippen LogP contribution in [0.3, 0.4) is 0 Å². The smallest absolute Gasteiger partial charge is 0.266 e. The van der Waals surface area contributed by atoms with Crippen molar-refractivity contribution in [3.63, 3.8) is 0 Å². The Balaban J connectivity index is 2.21. The average molecular weight is 384 g/mol. The van der Waals surface area contributed by atoms with Gasteiger partial charge in [-0.1, -0.05) is 54.8 Å². The summed E-state index contributed by atoms with van der Waals surface area (Å²) in [5, 5.41) is 0. The van der Waals surface area contributed by atoms with Crippen LogP contribution >= 0.6 is 24.0 Å². The predicted molar refractivity (Wildman–Crippen MR) is 96.6 cm³/mol. The van der Waals surface area contributed by atoms with Gasteiger partial charge in [0.2, 0.25) is 0 Å². The molecular weight excluding hydrogens is 370 g/mol. The minimum Gasteiger partial charge on any atom is -0.748 e. The molecule has 1 aliphatic heterocycles. The first-order chi connectivity index (χ1) is 11.3. The maximum atomic E-state index is 12.4. The molecule has 2 rings (SSSR count). The van der Waals surface area contributed by atoms with E-state index in [0.717, 1.165) is 16.7 Å². The third-order valence-electron chi connectivity index (χ3n) is 3.00. The first-order valence-corrected chi connectivity index (χ1v) is 9.63. The van der Waals surface area contributed by atoms with Crippen molar-refractivity contribution < 1.29 is 22.5 Å². The van der Waals surface area contributed by atoms with Gasteiger partial charge in [-0.15, -0.1) is 0 Å². The number of hydrogen-bond donors (Lipinski definition) is 0. The fraction of sp³-hybridized carbons (Fsp3) is 0.200. The van der Waals surface area contributed by atoms with Gasteiger partial charge in [0.15, 0.2) is 0 Å². The summed E-state index contributed by atoms with van der Waals surface area (Å²) in [4.78, 5) is 13.8. The zero-order valence-corrected chi connectivity index (χ0v) is 15.0. The van der Waals surface area contributed by atoms with Crippen molar-refractivity contribution in [2.24, 2.45) is 0 Å². The first kappa shape index (κ1) is 18.7. The highest BCUT2D eigenvalue weighted by Gasteiger charge is 2.32. The summed E-state index contributed by atoms with van der Waals surface area (Å²) in [7, 11) is -4.41. The number of ether oxygens (including phenoxy) is 1. The van der Waals surface area contributed by atoms with Gasteiger partial charge in [0.1, 0.15) is 16.7 Å².